The number of fused-ring (bicyclic) bond motifs is 3. The Morgan fingerprint density at radius 2 is 1.89 bits per heavy atom. The van der Waals surface area contributed by atoms with Gasteiger partial charge in [0.25, 0.3) is 11.5 Å². The van der Waals surface area contributed by atoms with Crippen LogP contribution in [-0.4, -0.2) is 46.5 Å². The number of aromatic nitrogens is 2. The molecule has 3 rings (SSSR count). The average molecular weight is 383 g/mol. The van der Waals surface area contributed by atoms with Crippen LogP contribution in [0.4, 0.5) is 0 Å². The first kappa shape index (κ1) is 20.1. The molecule has 0 aliphatic rings. The minimum Gasteiger partial charge on any atom is -0.351 e. The van der Waals surface area contributed by atoms with Crippen LogP contribution in [0.2, 0.25) is 0 Å². The summed E-state index contributed by atoms with van der Waals surface area (Å²) < 4.78 is 1.82. The van der Waals surface area contributed by atoms with Gasteiger partial charge >= 0.3 is 0 Å². The van der Waals surface area contributed by atoms with Gasteiger partial charge < -0.3 is 19.8 Å². The summed E-state index contributed by atoms with van der Waals surface area (Å²) in [6, 6.07) is 9.35. The number of para-hydroxylation sites is 1. The molecule has 0 saturated carbocycles. The topological polar surface area (TPSA) is 70.1 Å². The lowest BCUT2D eigenvalue weighted by Gasteiger charge is -2.19. The first-order valence-electron chi connectivity index (χ1n) is 10.2. The van der Waals surface area contributed by atoms with Gasteiger partial charge in [-0.15, -0.1) is 0 Å². The van der Waals surface area contributed by atoms with Crippen LogP contribution in [0.25, 0.3) is 21.8 Å². The lowest BCUT2D eigenvalue weighted by atomic mass is 10.1. The Labute approximate surface area is 165 Å². The molecule has 28 heavy (non-hydrogen) atoms. The third-order valence-corrected chi connectivity index (χ3v) is 5.35. The Balaban J connectivity index is 1.72. The SMILES string of the molecule is CCCCN(CC)CCCNC(=O)c1cc2c(=O)[nH]c3ccccc3c2n1C. The number of hydrogen-bond acceptors (Lipinski definition) is 3. The van der Waals surface area contributed by atoms with Gasteiger partial charge in [-0.2, -0.15) is 0 Å². The number of amides is 1. The van der Waals surface area contributed by atoms with Crippen LogP contribution in [0.3, 0.4) is 0 Å². The number of carbonyl (C=O) groups is 1. The van der Waals surface area contributed by atoms with Gasteiger partial charge in [0.05, 0.1) is 16.4 Å². The molecule has 0 saturated heterocycles. The molecule has 0 aliphatic heterocycles. The molecule has 0 fully saturated rings. The Kier molecular flexibility index (Phi) is 6.52. The minimum atomic E-state index is -0.169. The molecule has 2 aromatic heterocycles. The monoisotopic (exact) mass is 382 g/mol. The van der Waals surface area contributed by atoms with Crippen molar-refractivity contribution in [1.29, 1.82) is 0 Å². The number of aryl methyl sites for hydroxylation is 1. The fourth-order valence-electron chi connectivity index (χ4n) is 3.71. The van der Waals surface area contributed by atoms with E-state index in [1.165, 1.54) is 12.8 Å². The van der Waals surface area contributed by atoms with Crippen LogP contribution in [0.5, 0.6) is 0 Å². The number of carbonyl (C=O) groups excluding carboxylic acids is 1. The maximum atomic E-state index is 12.7. The van der Waals surface area contributed by atoms with Crippen molar-refractivity contribution >= 4 is 27.7 Å². The molecule has 2 N–H and O–H groups in total. The van der Waals surface area contributed by atoms with Crippen LogP contribution < -0.4 is 10.9 Å². The number of pyridine rings is 1. The Hall–Kier alpha value is -2.60. The highest BCUT2D eigenvalue weighted by Gasteiger charge is 2.17. The standard InChI is InChI=1S/C22H30N4O2/c1-4-6-13-26(5-2)14-9-12-23-22(28)19-15-17-20(25(19)3)16-10-7-8-11-18(16)24-21(17)27/h7-8,10-11,15H,4-6,9,12-14H2,1-3H3,(H,23,28)(H,24,27). The quantitative estimate of drug-likeness (QED) is 0.558. The van der Waals surface area contributed by atoms with E-state index in [9.17, 15) is 9.59 Å². The largest absolute Gasteiger partial charge is 0.351 e. The number of nitrogens with one attached hydrogen (secondary N) is 2. The summed E-state index contributed by atoms with van der Waals surface area (Å²) in [6.45, 7) is 8.13. The first-order valence-corrected chi connectivity index (χ1v) is 10.2. The summed E-state index contributed by atoms with van der Waals surface area (Å²) in [7, 11) is 1.84. The fraction of sp³-hybridized carbons (Fsp3) is 0.455. The van der Waals surface area contributed by atoms with Crippen LogP contribution in [0.15, 0.2) is 35.1 Å². The van der Waals surface area contributed by atoms with Crippen molar-refractivity contribution in [1.82, 2.24) is 19.8 Å². The molecule has 0 aliphatic carbocycles. The lowest BCUT2D eigenvalue weighted by Crippen LogP contribution is -2.31. The number of nitrogens with zero attached hydrogens (tertiary/aromatic N) is 2. The molecule has 3 aromatic rings. The first-order chi connectivity index (χ1) is 13.6. The lowest BCUT2D eigenvalue weighted by molar-refractivity contribution is 0.0944. The van der Waals surface area contributed by atoms with E-state index in [4.69, 9.17) is 0 Å². The fourth-order valence-corrected chi connectivity index (χ4v) is 3.71. The number of H-pyrrole nitrogens is 1. The van der Waals surface area contributed by atoms with Gasteiger partial charge in [-0.1, -0.05) is 38.5 Å². The highest BCUT2D eigenvalue weighted by molar-refractivity contribution is 6.07. The summed E-state index contributed by atoms with van der Waals surface area (Å²) >= 11 is 0. The normalized spacial score (nSPS) is 11.6. The molecule has 0 unspecified atom stereocenters. The molecule has 2 heterocycles. The smallest absolute Gasteiger partial charge is 0.267 e. The van der Waals surface area contributed by atoms with Gasteiger partial charge in [0.15, 0.2) is 0 Å². The van der Waals surface area contributed by atoms with Gasteiger partial charge in [-0.25, -0.2) is 0 Å². The molecule has 6 heteroatoms. The van der Waals surface area contributed by atoms with Crippen molar-refractivity contribution in [3.05, 3.63) is 46.4 Å². The molecule has 1 aromatic carbocycles. The Bertz CT molecular complexity index is 1020. The zero-order valence-corrected chi connectivity index (χ0v) is 17.0. The number of rotatable bonds is 9. The van der Waals surface area contributed by atoms with Crippen molar-refractivity contribution in [2.75, 3.05) is 26.2 Å². The van der Waals surface area contributed by atoms with Gasteiger partial charge in [0.1, 0.15) is 5.69 Å². The highest BCUT2D eigenvalue weighted by Crippen LogP contribution is 2.23. The van der Waals surface area contributed by atoms with Crippen LogP contribution in [-0.2, 0) is 7.05 Å². The van der Waals surface area contributed by atoms with Crippen molar-refractivity contribution in [2.45, 2.75) is 33.1 Å². The zero-order valence-electron chi connectivity index (χ0n) is 17.0. The van der Waals surface area contributed by atoms with E-state index in [1.54, 1.807) is 6.07 Å². The molecular weight excluding hydrogens is 352 g/mol. The third kappa shape index (κ3) is 4.12. The van der Waals surface area contributed by atoms with Gasteiger partial charge in [0.2, 0.25) is 0 Å². The summed E-state index contributed by atoms with van der Waals surface area (Å²) in [4.78, 5) is 30.4. The highest BCUT2D eigenvalue weighted by atomic mass is 16.2. The summed E-state index contributed by atoms with van der Waals surface area (Å²) in [5, 5.41) is 4.49. The Morgan fingerprint density at radius 3 is 2.64 bits per heavy atom. The second-order valence-corrected chi connectivity index (χ2v) is 7.25. The number of benzene rings is 1. The van der Waals surface area contributed by atoms with E-state index in [0.29, 0.717) is 17.6 Å². The van der Waals surface area contributed by atoms with Crippen molar-refractivity contribution in [3.63, 3.8) is 0 Å². The van der Waals surface area contributed by atoms with Gasteiger partial charge in [-0.3, -0.25) is 9.59 Å². The third-order valence-electron chi connectivity index (χ3n) is 5.35. The predicted molar refractivity (Wildman–Crippen MR) is 115 cm³/mol. The maximum Gasteiger partial charge on any atom is 0.267 e. The van der Waals surface area contributed by atoms with Crippen molar-refractivity contribution in [2.24, 2.45) is 7.05 Å². The molecule has 0 radical (unpaired) electrons. The molecule has 0 spiro atoms. The predicted octanol–water partition coefficient (Wildman–Crippen LogP) is 3.26. The molecule has 0 bridgehead atoms. The zero-order chi connectivity index (χ0) is 20.1. The van der Waals surface area contributed by atoms with Crippen molar-refractivity contribution in [3.8, 4) is 0 Å². The second kappa shape index (κ2) is 9.06. The molecule has 1 amide bonds. The van der Waals surface area contributed by atoms with E-state index in [0.717, 1.165) is 42.5 Å². The number of aromatic amines is 1. The van der Waals surface area contributed by atoms with Crippen molar-refractivity contribution < 1.29 is 4.79 Å². The molecule has 6 nitrogen and oxygen atoms in total. The maximum absolute atomic E-state index is 12.7. The molecule has 0 atom stereocenters. The van der Waals surface area contributed by atoms with Crippen LogP contribution in [0.1, 0.15) is 43.6 Å². The van der Waals surface area contributed by atoms with Gasteiger partial charge in [-0.05, 0) is 44.6 Å². The summed E-state index contributed by atoms with van der Waals surface area (Å²) in [5.41, 5.74) is 1.91. The van der Waals surface area contributed by atoms with E-state index in [2.05, 4.69) is 29.0 Å². The number of hydrogen-bond donors (Lipinski definition) is 2. The number of unbranched alkanes of at least 4 members (excludes halogenated alkanes) is 1. The average Bonchev–Trinajstić information content (AvgIpc) is 3.06. The Morgan fingerprint density at radius 1 is 1.14 bits per heavy atom. The van der Waals surface area contributed by atoms with Crippen LogP contribution in [0, 0.1) is 0 Å². The van der Waals surface area contributed by atoms with E-state index in [1.807, 2.05) is 35.9 Å². The summed E-state index contributed by atoms with van der Waals surface area (Å²) in [5.74, 6) is -0.140. The van der Waals surface area contributed by atoms with Gasteiger partial charge in [0, 0.05) is 19.0 Å². The minimum absolute atomic E-state index is 0.140. The van der Waals surface area contributed by atoms with Crippen LogP contribution >= 0.6 is 0 Å². The van der Waals surface area contributed by atoms with E-state index < -0.39 is 0 Å². The van der Waals surface area contributed by atoms with E-state index in [-0.39, 0.29) is 11.5 Å². The molecule has 150 valence electrons. The second-order valence-electron chi connectivity index (χ2n) is 7.25. The summed E-state index contributed by atoms with van der Waals surface area (Å²) in [6.07, 6.45) is 3.32. The molecular formula is C22H30N4O2. The van der Waals surface area contributed by atoms with E-state index >= 15 is 0 Å².